The second kappa shape index (κ2) is 3.66. The molecule has 3 N–H and O–H groups in total. The van der Waals surface area contributed by atoms with Gasteiger partial charge < -0.3 is 10.8 Å². The van der Waals surface area contributed by atoms with Crippen molar-refractivity contribution in [1.29, 1.82) is 0 Å². The van der Waals surface area contributed by atoms with E-state index in [0.29, 0.717) is 25.7 Å². The quantitative estimate of drug-likeness (QED) is 0.733. The molecule has 0 spiro atoms. The van der Waals surface area contributed by atoms with Crippen molar-refractivity contribution < 1.29 is 9.90 Å². The first-order valence-electron chi connectivity index (χ1n) is 5.20. The second-order valence-corrected chi connectivity index (χ2v) is 4.25. The van der Waals surface area contributed by atoms with Crippen LogP contribution >= 0.6 is 0 Å². The molecule has 1 saturated carbocycles. The largest absolute Gasteiger partial charge is 0.508 e. The van der Waals surface area contributed by atoms with Gasteiger partial charge in [0.05, 0.1) is 0 Å². The molecule has 0 heterocycles. The summed E-state index contributed by atoms with van der Waals surface area (Å²) in [6, 6.07) is 7.02. The topological polar surface area (TPSA) is 63.3 Å². The average molecular weight is 205 g/mol. The van der Waals surface area contributed by atoms with Gasteiger partial charge in [-0.3, -0.25) is 4.79 Å². The molecule has 2 rings (SSSR count). The molecule has 80 valence electrons. The van der Waals surface area contributed by atoms with Crippen LogP contribution in [0, 0.1) is 0 Å². The van der Waals surface area contributed by atoms with Gasteiger partial charge in [-0.2, -0.15) is 0 Å². The number of hydrogen-bond donors (Lipinski definition) is 2. The number of benzene rings is 1. The van der Waals surface area contributed by atoms with Gasteiger partial charge in [0.15, 0.2) is 0 Å². The van der Waals surface area contributed by atoms with Crippen LogP contribution < -0.4 is 5.73 Å². The van der Waals surface area contributed by atoms with Crippen LogP contribution in [0.3, 0.4) is 0 Å². The Balaban J connectivity index is 2.25. The molecule has 1 aliphatic rings. The summed E-state index contributed by atoms with van der Waals surface area (Å²) >= 11 is 0. The molecule has 0 unspecified atom stereocenters. The van der Waals surface area contributed by atoms with E-state index in [4.69, 9.17) is 5.73 Å². The molecular weight excluding hydrogens is 190 g/mol. The molecule has 1 fully saturated rings. The van der Waals surface area contributed by atoms with Gasteiger partial charge >= 0.3 is 0 Å². The van der Waals surface area contributed by atoms with Gasteiger partial charge in [0.2, 0.25) is 0 Å². The van der Waals surface area contributed by atoms with Gasteiger partial charge in [-0.25, -0.2) is 0 Å². The van der Waals surface area contributed by atoms with Gasteiger partial charge in [0, 0.05) is 18.4 Å². The van der Waals surface area contributed by atoms with E-state index in [0.717, 1.165) is 5.56 Å². The molecule has 3 heteroatoms. The minimum absolute atomic E-state index is 0.231. The third-order valence-electron chi connectivity index (χ3n) is 3.12. The lowest BCUT2D eigenvalue weighted by atomic mass is 9.77. The third-order valence-corrected chi connectivity index (χ3v) is 3.12. The van der Waals surface area contributed by atoms with E-state index in [1.165, 1.54) is 0 Å². The number of phenols is 1. The van der Waals surface area contributed by atoms with Crippen molar-refractivity contribution in [3.63, 3.8) is 0 Å². The Labute approximate surface area is 88.9 Å². The van der Waals surface area contributed by atoms with Gasteiger partial charge in [-0.05, 0) is 30.5 Å². The van der Waals surface area contributed by atoms with E-state index < -0.39 is 5.54 Å². The number of carbonyl (C=O) groups is 1. The van der Waals surface area contributed by atoms with E-state index in [2.05, 4.69) is 0 Å². The van der Waals surface area contributed by atoms with Gasteiger partial charge in [0.25, 0.3) is 0 Å². The van der Waals surface area contributed by atoms with Crippen LogP contribution in [0.4, 0.5) is 0 Å². The van der Waals surface area contributed by atoms with Crippen molar-refractivity contribution in [1.82, 2.24) is 0 Å². The summed E-state index contributed by atoms with van der Waals surface area (Å²) in [5, 5.41) is 9.39. The van der Waals surface area contributed by atoms with Gasteiger partial charge in [0.1, 0.15) is 11.5 Å². The Morgan fingerprint density at radius 3 is 2.53 bits per heavy atom. The van der Waals surface area contributed by atoms with Crippen LogP contribution in [-0.4, -0.2) is 10.9 Å². The number of nitrogens with two attached hydrogens (primary N) is 1. The molecular formula is C12H15NO2. The fourth-order valence-electron chi connectivity index (χ4n) is 2.08. The van der Waals surface area contributed by atoms with Crippen molar-refractivity contribution in [2.75, 3.05) is 0 Å². The summed E-state index contributed by atoms with van der Waals surface area (Å²) in [7, 11) is 0. The number of phenolic OH excluding ortho intramolecular Hbond substituents is 1. The fraction of sp³-hybridized carbons (Fsp3) is 0.417. The summed E-state index contributed by atoms with van der Waals surface area (Å²) in [6.45, 7) is 0. The molecule has 0 bridgehead atoms. The van der Waals surface area contributed by atoms with Crippen LogP contribution in [0.15, 0.2) is 24.3 Å². The summed E-state index contributed by atoms with van der Waals surface area (Å²) in [5.41, 5.74) is 6.74. The number of hydrogen-bond acceptors (Lipinski definition) is 3. The lowest BCUT2D eigenvalue weighted by Crippen LogP contribution is -2.40. The number of ketones is 1. The van der Waals surface area contributed by atoms with Crippen LogP contribution in [0.1, 0.15) is 31.2 Å². The normalized spacial score (nSPS) is 20.2. The minimum Gasteiger partial charge on any atom is -0.508 e. The second-order valence-electron chi connectivity index (χ2n) is 4.25. The molecule has 0 amide bonds. The highest BCUT2D eigenvalue weighted by Crippen LogP contribution is 2.34. The molecule has 3 nitrogen and oxygen atoms in total. The van der Waals surface area contributed by atoms with Crippen LogP contribution in [0.2, 0.25) is 0 Å². The van der Waals surface area contributed by atoms with E-state index in [1.807, 2.05) is 6.07 Å². The van der Waals surface area contributed by atoms with Crippen molar-refractivity contribution in [2.24, 2.45) is 5.73 Å². The fourth-order valence-corrected chi connectivity index (χ4v) is 2.08. The highest BCUT2D eigenvalue weighted by molar-refractivity contribution is 5.79. The van der Waals surface area contributed by atoms with E-state index >= 15 is 0 Å². The van der Waals surface area contributed by atoms with Crippen molar-refractivity contribution in [2.45, 2.75) is 31.2 Å². The van der Waals surface area contributed by atoms with Gasteiger partial charge in [-0.1, -0.05) is 12.1 Å². The Bertz CT molecular complexity index is 377. The maximum Gasteiger partial charge on any atom is 0.133 e. The summed E-state index contributed by atoms with van der Waals surface area (Å²) in [6.07, 6.45) is 2.45. The summed E-state index contributed by atoms with van der Waals surface area (Å²) in [5.74, 6) is 0.519. The number of Topliss-reactive ketones (excluding diaryl/α,β-unsaturated/α-hetero) is 1. The highest BCUT2D eigenvalue weighted by atomic mass is 16.3. The number of carbonyl (C=O) groups excluding carboxylic acids is 1. The molecule has 1 aromatic rings. The minimum atomic E-state index is -0.438. The zero-order valence-electron chi connectivity index (χ0n) is 8.57. The molecule has 1 aliphatic carbocycles. The predicted molar refractivity (Wildman–Crippen MR) is 57.4 cm³/mol. The first-order valence-corrected chi connectivity index (χ1v) is 5.20. The molecule has 15 heavy (non-hydrogen) atoms. The molecule has 0 atom stereocenters. The smallest absolute Gasteiger partial charge is 0.133 e. The summed E-state index contributed by atoms with van der Waals surface area (Å²) < 4.78 is 0. The molecule has 1 aromatic carbocycles. The molecule has 0 radical (unpaired) electrons. The lowest BCUT2D eigenvalue weighted by molar-refractivity contribution is -0.121. The van der Waals surface area contributed by atoms with Crippen LogP contribution in [-0.2, 0) is 10.3 Å². The number of aromatic hydroxyl groups is 1. The zero-order chi connectivity index (χ0) is 10.9. The first-order chi connectivity index (χ1) is 7.10. The third kappa shape index (κ3) is 2.02. The predicted octanol–water partition coefficient (Wildman–Crippen LogP) is 1.69. The Hall–Kier alpha value is -1.35. The number of rotatable bonds is 1. The first kappa shape index (κ1) is 10.2. The summed E-state index contributed by atoms with van der Waals surface area (Å²) in [4.78, 5) is 11.1. The lowest BCUT2D eigenvalue weighted by Gasteiger charge is -2.33. The molecule has 0 aliphatic heterocycles. The van der Waals surface area contributed by atoms with Gasteiger partial charge in [-0.15, -0.1) is 0 Å². The Morgan fingerprint density at radius 2 is 1.93 bits per heavy atom. The zero-order valence-corrected chi connectivity index (χ0v) is 8.57. The molecule has 0 aromatic heterocycles. The van der Waals surface area contributed by atoms with Crippen molar-refractivity contribution >= 4 is 5.78 Å². The monoisotopic (exact) mass is 205 g/mol. The maximum atomic E-state index is 11.1. The standard InChI is InChI=1S/C12H15NO2/c13-12(6-4-10(14)5-7-12)9-2-1-3-11(15)8-9/h1-3,8,15H,4-7,13H2. The Kier molecular flexibility index (Phi) is 2.49. The van der Waals surface area contributed by atoms with Crippen molar-refractivity contribution in [3.05, 3.63) is 29.8 Å². The Morgan fingerprint density at radius 1 is 1.27 bits per heavy atom. The van der Waals surface area contributed by atoms with E-state index in [-0.39, 0.29) is 11.5 Å². The van der Waals surface area contributed by atoms with E-state index in [9.17, 15) is 9.90 Å². The molecule has 0 saturated heterocycles. The van der Waals surface area contributed by atoms with Crippen LogP contribution in [0.25, 0.3) is 0 Å². The van der Waals surface area contributed by atoms with Crippen molar-refractivity contribution in [3.8, 4) is 5.75 Å². The maximum absolute atomic E-state index is 11.1. The van der Waals surface area contributed by atoms with E-state index in [1.54, 1.807) is 18.2 Å². The highest BCUT2D eigenvalue weighted by Gasteiger charge is 2.32. The average Bonchev–Trinajstić information content (AvgIpc) is 2.23. The van der Waals surface area contributed by atoms with Crippen LogP contribution in [0.5, 0.6) is 5.75 Å². The SMILES string of the molecule is NC1(c2cccc(O)c2)CCC(=O)CC1.